The van der Waals surface area contributed by atoms with Crippen molar-refractivity contribution in [3.8, 4) is 0 Å². The van der Waals surface area contributed by atoms with E-state index in [1.54, 1.807) is 6.20 Å². The predicted molar refractivity (Wildman–Crippen MR) is 127 cm³/mol. The Balaban J connectivity index is 1.24. The number of hydrogen-bond donors (Lipinski definition) is 2. The Morgan fingerprint density at radius 2 is 1.62 bits per heavy atom. The number of rotatable bonds is 5. The van der Waals surface area contributed by atoms with Gasteiger partial charge in [-0.2, -0.15) is 5.10 Å². The number of nitrogens with one attached hydrogen (secondary N) is 2. The number of aromatic nitrogens is 2. The van der Waals surface area contributed by atoms with Gasteiger partial charge in [0.05, 0.1) is 25.1 Å². The summed E-state index contributed by atoms with van der Waals surface area (Å²) in [7, 11) is 0. The van der Waals surface area contributed by atoms with Crippen LogP contribution >= 0.6 is 0 Å². The van der Waals surface area contributed by atoms with E-state index >= 15 is 0 Å². The average Bonchev–Trinajstić information content (AvgIpc) is 2.85. The van der Waals surface area contributed by atoms with Crippen LogP contribution in [0.1, 0.15) is 10.4 Å². The molecule has 7 heteroatoms. The molecule has 1 aromatic heterocycles. The number of carbonyl (C=O) groups excluding carboxylic acids is 1. The quantitative estimate of drug-likeness (QED) is 0.491. The second kappa shape index (κ2) is 9.03. The number of nitrogens with zero attached hydrogens (tertiary/aromatic N) is 3. The van der Waals surface area contributed by atoms with Gasteiger partial charge < -0.3 is 20.3 Å². The lowest BCUT2D eigenvalue weighted by Gasteiger charge is -2.28. The fraction of sp³-hybridized carbons (Fsp3) is 0.160. The van der Waals surface area contributed by atoms with Gasteiger partial charge >= 0.3 is 0 Å². The molecular formula is C25H23N5O2. The molecule has 0 saturated carbocycles. The van der Waals surface area contributed by atoms with Gasteiger partial charge in [-0.1, -0.05) is 30.3 Å². The van der Waals surface area contributed by atoms with E-state index in [1.165, 1.54) is 0 Å². The predicted octanol–water partition coefficient (Wildman–Crippen LogP) is 4.46. The summed E-state index contributed by atoms with van der Waals surface area (Å²) in [5, 5.41) is 16.7. The fourth-order valence-electron chi connectivity index (χ4n) is 3.73. The van der Waals surface area contributed by atoms with Crippen molar-refractivity contribution in [3.05, 3.63) is 84.6 Å². The van der Waals surface area contributed by atoms with Gasteiger partial charge in [-0.25, -0.2) is 0 Å². The number of fused-ring (bicyclic) bond motifs is 1. The Bertz CT molecular complexity index is 1240. The lowest BCUT2D eigenvalue weighted by atomic mass is 10.1. The SMILES string of the molecule is O=C(Nc1ccc(Nc2cc(N3CCOCC3)cnn2)cc1)c1ccc2ccccc2c1. The number of amides is 1. The van der Waals surface area contributed by atoms with Crippen molar-refractivity contribution >= 4 is 39.6 Å². The molecule has 160 valence electrons. The van der Waals surface area contributed by atoms with E-state index in [0.29, 0.717) is 11.4 Å². The molecule has 1 aliphatic heterocycles. The second-order valence-electron chi connectivity index (χ2n) is 7.62. The van der Waals surface area contributed by atoms with E-state index in [0.717, 1.165) is 54.1 Å². The molecule has 0 radical (unpaired) electrons. The van der Waals surface area contributed by atoms with Crippen molar-refractivity contribution in [2.24, 2.45) is 0 Å². The fourth-order valence-corrected chi connectivity index (χ4v) is 3.73. The van der Waals surface area contributed by atoms with Gasteiger partial charge in [0.1, 0.15) is 0 Å². The first-order valence-corrected chi connectivity index (χ1v) is 10.6. The van der Waals surface area contributed by atoms with E-state index in [2.05, 4.69) is 25.7 Å². The molecule has 1 saturated heterocycles. The molecule has 2 N–H and O–H groups in total. The normalized spacial score (nSPS) is 13.7. The minimum atomic E-state index is -0.138. The van der Waals surface area contributed by atoms with Gasteiger partial charge in [0.15, 0.2) is 5.82 Å². The summed E-state index contributed by atoms with van der Waals surface area (Å²) in [4.78, 5) is 14.9. The maximum absolute atomic E-state index is 12.7. The van der Waals surface area contributed by atoms with Gasteiger partial charge in [0, 0.05) is 36.1 Å². The zero-order valence-electron chi connectivity index (χ0n) is 17.5. The third kappa shape index (κ3) is 4.53. The third-order valence-electron chi connectivity index (χ3n) is 5.44. The summed E-state index contributed by atoms with van der Waals surface area (Å²) in [6.07, 6.45) is 1.77. The van der Waals surface area contributed by atoms with E-state index < -0.39 is 0 Å². The maximum atomic E-state index is 12.7. The van der Waals surface area contributed by atoms with Crippen molar-refractivity contribution in [1.82, 2.24) is 10.2 Å². The summed E-state index contributed by atoms with van der Waals surface area (Å²) in [5.41, 5.74) is 3.23. The summed E-state index contributed by atoms with van der Waals surface area (Å²) in [6, 6.07) is 23.2. The summed E-state index contributed by atoms with van der Waals surface area (Å²) >= 11 is 0. The minimum Gasteiger partial charge on any atom is -0.378 e. The maximum Gasteiger partial charge on any atom is 0.255 e. The van der Waals surface area contributed by atoms with Gasteiger partial charge in [-0.05, 0) is 47.2 Å². The zero-order chi connectivity index (χ0) is 21.8. The summed E-state index contributed by atoms with van der Waals surface area (Å²) in [6.45, 7) is 3.13. The van der Waals surface area contributed by atoms with Crippen LogP contribution in [0.3, 0.4) is 0 Å². The largest absolute Gasteiger partial charge is 0.378 e. The third-order valence-corrected chi connectivity index (χ3v) is 5.44. The number of benzene rings is 3. The monoisotopic (exact) mass is 425 g/mol. The first kappa shape index (κ1) is 20.0. The lowest BCUT2D eigenvalue weighted by Crippen LogP contribution is -2.36. The van der Waals surface area contributed by atoms with Crippen molar-refractivity contribution in [3.63, 3.8) is 0 Å². The molecular weight excluding hydrogens is 402 g/mol. The van der Waals surface area contributed by atoms with Crippen LogP contribution in [0.5, 0.6) is 0 Å². The second-order valence-corrected chi connectivity index (χ2v) is 7.62. The molecule has 32 heavy (non-hydrogen) atoms. The van der Waals surface area contributed by atoms with Crippen LogP contribution in [0.25, 0.3) is 10.8 Å². The van der Waals surface area contributed by atoms with E-state index in [4.69, 9.17) is 4.74 Å². The van der Waals surface area contributed by atoms with Crippen LogP contribution in [-0.4, -0.2) is 42.4 Å². The Morgan fingerprint density at radius 3 is 2.44 bits per heavy atom. The zero-order valence-corrected chi connectivity index (χ0v) is 17.5. The molecule has 0 spiro atoms. The standard InChI is InChI=1S/C25H23N5O2/c31-25(20-6-5-18-3-1-2-4-19(18)15-20)28-22-9-7-21(8-10-22)27-24-16-23(17-26-29-24)30-11-13-32-14-12-30/h1-10,15-17H,11-14H2,(H,27,29)(H,28,31). The Labute approximate surface area is 186 Å². The average molecular weight is 425 g/mol. The van der Waals surface area contributed by atoms with E-state index in [1.807, 2.05) is 72.8 Å². The summed E-state index contributed by atoms with van der Waals surface area (Å²) in [5.74, 6) is 0.530. The molecule has 1 amide bonds. The number of carbonyl (C=O) groups is 1. The van der Waals surface area contributed by atoms with Crippen LogP contribution in [0.15, 0.2) is 79.0 Å². The van der Waals surface area contributed by atoms with Gasteiger partial charge in [0.25, 0.3) is 5.91 Å². The topological polar surface area (TPSA) is 79.4 Å². The van der Waals surface area contributed by atoms with E-state index in [9.17, 15) is 4.79 Å². The van der Waals surface area contributed by atoms with Crippen molar-refractivity contribution in [1.29, 1.82) is 0 Å². The highest BCUT2D eigenvalue weighted by atomic mass is 16.5. The Hall–Kier alpha value is -3.97. The van der Waals surface area contributed by atoms with Crippen LogP contribution < -0.4 is 15.5 Å². The molecule has 0 aliphatic carbocycles. The van der Waals surface area contributed by atoms with E-state index in [-0.39, 0.29) is 5.91 Å². The Morgan fingerprint density at radius 1 is 0.875 bits per heavy atom. The molecule has 0 bridgehead atoms. The molecule has 1 fully saturated rings. The van der Waals surface area contributed by atoms with Crippen LogP contribution in [0, 0.1) is 0 Å². The van der Waals surface area contributed by atoms with Crippen LogP contribution in [0.2, 0.25) is 0 Å². The molecule has 1 aliphatic rings. The first-order chi connectivity index (χ1) is 15.7. The van der Waals surface area contributed by atoms with Crippen molar-refractivity contribution < 1.29 is 9.53 Å². The molecule has 0 atom stereocenters. The lowest BCUT2D eigenvalue weighted by molar-refractivity contribution is 0.102. The van der Waals surface area contributed by atoms with Crippen molar-refractivity contribution in [2.45, 2.75) is 0 Å². The van der Waals surface area contributed by atoms with Crippen molar-refractivity contribution in [2.75, 3.05) is 41.8 Å². The number of hydrogen-bond acceptors (Lipinski definition) is 6. The highest BCUT2D eigenvalue weighted by Gasteiger charge is 2.12. The van der Waals surface area contributed by atoms with Gasteiger partial charge in [-0.3, -0.25) is 4.79 Å². The summed E-state index contributed by atoms with van der Waals surface area (Å²) < 4.78 is 5.41. The molecule has 7 nitrogen and oxygen atoms in total. The highest BCUT2D eigenvalue weighted by Crippen LogP contribution is 2.22. The van der Waals surface area contributed by atoms with Crippen LogP contribution in [0.4, 0.5) is 22.9 Å². The molecule has 0 unspecified atom stereocenters. The molecule has 4 aromatic rings. The highest BCUT2D eigenvalue weighted by molar-refractivity contribution is 6.06. The number of anilines is 4. The molecule has 2 heterocycles. The number of ether oxygens (including phenoxy) is 1. The molecule has 5 rings (SSSR count). The first-order valence-electron chi connectivity index (χ1n) is 10.6. The Kier molecular flexibility index (Phi) is 5.63. The smallest absolute Gasteiger partial charge is 0.255 e. The van der Waals surface area contributed by atoms with Gasteiger partial charge in [0.2, 0.25) is 0 Å². The molecule has 3 aromatic carbocycles. The van der Waals surface area contributed by atoms with Gasteiger partial charge in [-0.15, -0.1) is 5.10 Å². The number of morpholine rings is 1. The van der Waals surface area contributed by atoms with Crippen LogP contribution in [-0.2, 0) is 4.74 Å². The minimum absolute atomic E-state index is 0.138.